The predicted octanol–water partition coefficient (Wildman–Crippen LogP) is 2.33. The van der Waals surface area contributed by atoms with E-state index < -0.39 is 34.4 Å². The molecule has 0 unspecified atom stereocenters. The minimum atomic E-state index is -1.55. The quantitative estimate of drug-likeness (QED) is 0.943. The summed E-state index contributed by atoms with van der Waals surface area (Å²) < 4.78 is 28.3. The summed E-state index contributed by atoms with van der Waals surface area (Å²) in [6, 6.07) is 3.22. The molecule has 0 radical (unpaired) electrons. The van der Waals surface area contributed by atoms with Crippen molar-refractivity contribution in [3.8, 4) is 5.69 Å². The maximum atomic E-state index is 13.8. The number of halogens is 2. The Hall–Kier alpha value is -2.57. The molecule has 110 valence electrons. The maximum Gasteiger partial charge on any atom is 0.360 e. The molecule has 1 aromatic carbocycles. The van der Waals surface area contributed by atoms with E-state index in [0.29, 0.717) is 0 Å². The van der Waals surface area contributed by atoms with Gasteiger partial charge in [-0.3, -0.25) is 4.79 Å². The van der Waals surface area contributed by atoms with Crippen LogP contribution in [0.25, 0.3) is 5.69 Å². The molecule has 0 bridgehead atoms. The van der Waals surface area contributed by atoms with Gasteiger partial charge in [0.15, 0.2) is 11.6 Å². The van der Waals surface area contributed by atoms with Crippen LogP contribution in [0.15, 0.2) is 29.2 Å². The van der Waals surface area contributed by atoms with Crippen LogP contribution in [-0.4, -0.2) is 20.9 Å². The molecule has 1 N–H and O–H groups in total. The van der Waals surface area contributed by atoms with Gasteiger partial charge in [0.1, 0.15) is 5.69 Å². The summed E-state index contributed by atoms with van der Waals surface area (Å²) >= 11 is 0. The van der Waals surface area contributed by atoms with Crippen molar-refractivity contribution in [2.24, 2.45) is 0 Å². The van der Waals surface area contributed by atoms with Crippen LogP contribution in [0.1, 0.15) is 35.8 Å². The van der Waals surface area contributed by atoms with Crippen LogP contribution in [0.4, 0.5) is 8.78 Å². The second-order valence-corrected chi connectivity index (χ2v) is 4.74. The first-order valence-electron chi connectivity index (χ1n) is 6.14. The van der Waals surface area contributed by atoms with E-state index in [1.54, 1.807) is 13.8 Å². The number of rotatable bonds is 3. The Morgan fingerprint density at radius 2 is 1.86 bits per heavy atom. The first-order chi connectivity index (χ1) is 9.82. The number of nitrogens with zero attached hydrogens (tertiary/aromatic N) is 2. The third kappa shape index (κ3) is 2.67. The first kappa shape index (κ1) is 14.8. The number of carbonyl (C=O) groups is 1. The lowest BCUT2D eigenvalue weighted by molar-refractivity contribution is 0.0686. The van der Waals surface area contributed by atoms with E-state index in [4.69, 9.17) is 5.11 Å². The zero-order chi connectivity index (χ0) is 15.7. The second kappa shape index (κ2) is 5.43. The highest BCUT2D eigenvalue weighted by atomic mass is 19.1. The number of para-hydroxylation sites is 1. The molecule has 0 aliphatic heterocycles. The monoisotopic (exact) mass is 294 g/mol. The SMILES string of the molecule is CC(C)c1cn(-c2c(F)cccc2F)nc(C(=O)O)c1=O. The number of aromatic carboxylic acids is 1. The molecule has 0 amide bonds. The third-order valence-corrected chi connectivity index (χ3v) is 2.94. The number of benzene rings is 1. The van der Waals surface area contributed by atoms with Crippen molar-refractivity contribution < 1.29 is 18.7 Å². The van der Waals surface area contributed by atoms with Crippen LogP contribution >= 0.6 is 0 Å². The van der Waals surface area contributed by atoms with E-state index in [1.165, 1.54) is 6.07 Å². The van der Waals surface area contributed by atoms with E-state index in [2.05, 4.69) is 5.10 Å². The summed E-state index contributed by atoms with van der Waals surface area (Å²) in [7, 11) is 0. The number of hydrogen-bond donors (Lipinski definition) is 1. The van der Waals surface area contributed by atoms with Crippen molar-refractivity contribution in [1.29, 1.82) is 0 Å². The average molecular weight is 294 g/mol. The van der Waals surface area contributed by atoms with Gasteiger partial charge in [-0.1, -0.05) is 19.9 Å². The molecule has 0 fully saturated rings. The Morgan fingerprint density at radius 3 is 2.33 bits per heavy atom. The zero-order valence-corrected chi connectivity index (χ0v) is 11.3. The summed E-state index contributed by atoms with van der Waals surface area (Å²) in [5.74, 6) is -3.68. The second-order valence-electron chi connectivity index (χ2n) is 4.74. The highest BCUT2D eigenvalue weighted by molar-refractivity contribution is 5.85. The van der Waals surface area contributed by atoms with Crippen LogP contribution < -0.4 is 5.43 Å². The van der Waals surface area contributed by atoms with Gasteiger partial charge in [0.2, 0.25) is 11.1 Å². The first-order valence-corrected chi connectivity index (χ1v) is 6.14. The number of carboxylic acid groups (broad SMARTS) is 1. The standard InChI is InChI=1S/C14H12F2N2O3/c1-7(2)8-6-18(17-11(13(8)19)14(20)21)12-9(15)4-3-5-10(12)16/h3-7H,1-2H3,(H,20,21). The normalized spacial score (nSPS) is 10.9. The van der Waals surface area contributed by atoms with Gasteiger partial charge in [0.25, 0.3) is 0 Å². The molecule has 0 saturated heterocycles. The fourth-order valence-electron chi connectivity index (χ4n) is 1.88. The summed E-state index contributed by atoms with van der Waals surface area (Å²) in [5.41, 5.74) is -1.94. The van der Waals surface area contributed by atoms with Crippen LogP contribution in [0.2, 0.25) is 0 Å². The zero-order valence-electron chi connectivity index (χ0n) is 11.3. The number of hydrogen-bond acceptors (Lipinski definition) is 3. The molecule has 2 aromatic rings. The molecular formula is C14H12F2N2O3. The van der Waals surface area contributed by atoms with Crippen LogP contribution in [0.3, 0.4) is 0 Å². The molecular weight excluding hydrogens is 282 g/mol. The Bertz CT molecular complexity index is 749. The maximum absolute atomic E-state index is 13.8. The average Bonchev–Trinajstić information content (AvgIpc) is 2.39. The molecule has 0 atom stereocenters. The van der Waals surface area contributed by atoms with Crippen LogP contribution in [-0.2, 0) is 0 Å². The van der Waals surface area contributed by atoms with Gasteiger partial charge in [0.05, 0.1) is 0 Å². The van der Waals surface area contributed by atoms with Gasteiger partial charge >= 0.3 is 5.97 Å². The van der Waals surface area contributed by atoms with Crippen LogP contribution in [0, 0.1) is 11.6 Å². The Morgan fingerprint density at radius 1 is 1.29 bits per heavy atom. The van der Waals surface area contributed by atoms with Crippen molar-refractivity contribution in [3.05, 3.63) is 57.5 Å². The summed E-state index contributed by atoms with van der Waals surface area (Å²) in [6.07, 6.45) is 1.15. The van der Waals surface area contributed by atoms with E-state index >= 15 is 0 Å². The lowest BCUT2D eigenvalue weighted by Gasteiger charge is -2.12. The Kier molecular flexibility index (Phi) is 3.84. The Balaban J connectivity index is 2.82. The molecule has 0 saturated carbocycles. The van der Waals surface area contributed by atoms with E-state index in [-0.39, 0.29) is 11.5 Å². The van der Waals surface area contributed by atoms with Gasteiger partial charge in [-0.25, -0.2) is 18.3 Å². The minimum Gasteiger partial charge on any atom is -0.476 e. The third-order valence-electron chi connectivity index (χ3n) is 2.94. The van der Waals surface area contributed by atoms with Gasteiger partial charge in [0, 0.05) is 11.8 Å². The molecule has 7 heteroatoms. The topological polar surface area (TPSA) is 72.2 Å². The highest BCUT2D eigenvalue weighted by Gasteiger charge is 2.20. The molecule has 1 aromatic heterocycles. The lowest BCUT2D eigenvalue weighted by Crippen LogP contribution is -2.26. The van der Waals surface area contributed by atoms with E-state index in [9.17, 15) is 18.4 Å². The molecule has 5 nitrogen and oxygen atoms in total. The summed E-state index contributed by atoms with van der Waals surface area (Å²) in [6.45, 7) is 3.34. The molecule has 1 heterocycles. The molecule has 0 aliphatic rings. The van der Waals surface area contributed by atoms with Crippen molar-refractivity contribution >= 4 is 5.97 Å². The molecule has 0 aliphatic carbocycles. The fraction of sp³-hybridized carbons (Fsp3) is 0.214. The summed E-state index contributed by atoms with van der Waals surface area (Å²) in [4.78, 5) is 23.0. The summed E-state index contributed by atoms with van der Waals surface area (Å²) in [5, 5.41) is 12.5. The predicted molar refractivity (Wildman–Crippen MR) is 70.8 cm³/mol. The molecule has 0 spiro atoms. The van der Waals surface area contributed by atoms with Gasteiger partial charge in [-0.05, 0) is 18.1 Å². The number of carboxylic acids is 1. The Labute approximate surface area is 118 Å². The van der Waals surface area contributed by atoms with Crippen molar-refractivity contribution in [2.75, 3.05) is 0 Å². The van der Waals surface area contributed by atoms with Gasteiger partial charge in [-0.15, -0.1) is 0 Å². The number of aromatic nitrogens is 2. The van der Waals surface area contributed by atoms with Gasteiger partial charge in [-0.2, -0.15) is 5.10 Å². The molecule has 21 heavy (non-hydrogen) atoms. The molecule has 2 rings (SSSR count). The largest absolute Gasteiger partial charge is 0.476 e. The highest BCUT2D eigenvalue weighted by Crippen LogP contribution is 2.18. The fourth-order valence-corrected chi connectivity index (χ4v) is 1.88. The smallest absolute Gasteiger partial charge is 0.360 e. The van der Waals surface area contributed by atoms with Crippen molar-refractivity contribution in [2.45, 2.75) is 19.8 Å². The lowest BCUT2D eigenvalue weighted by atomic mass is 10.0. The van der Waals surface area contributed by atoms with Crippen molar-refractivity contribution in [1.82, 2.24) is 9.78 Å². The van der Waals surface area contributed by atoms with E-state index in [0.717, 1.165) is 23.0 Å². The van der Waals surface area contributed by atoms with E-state index in [1.807, 2.05) is 0 Å². The van der Waals surface area contributed by atoms with Crippen LogP contribution in [0.5, 0.6) is 0 Å². The van der Waals surface area contributed by atoms with Gasteiger partial charge < -0.3 is 5.11 Å². The van der Waals surface area contributed by atoms with Crippen molar-refractivity contribution in [3.63, 3.8) is 0 Å². The minimum absolute atomic E-state index is 0.116.